The average molecular weight is 211 g/mol. The molecule has 4 heteroatoms. The van der Waals surface area contributed by atoms with Gasteiger partial charge in [0.15, 0.2) is 0 Å². The van der Waals surface area contributed by atoms with Gasteiger partial charge in [-0.25, -0.2) is 4.79 Å². The summed E-state index contributed by atoms with van der Waals surface area (Å²) in [6.45, 7) is 3.19. The van der Waals surface area contributed by atoms with E-state index >= 15 is 0 Å². The lowest BCUT2D eigenvalue weighted by atomic mass is 10.0. The topological polar surface area (TPSA) is 38.8 Å². The van der Waals surface area contributed by atoms with Gasteiger partial charge in [0.1, 0.15) is 5.76 Å². The molecule has 15 heavy (non-hydrogen) atoms. The lowest BCUT2D eigenvalue weighted by Crippen LogP contribution is -2.32. The summed E-state index contributed by atoms with van der Waals surface area (Å²) >= 11 is 0. The van der Waals surface area contributed by atoms with Crippen LogP contribution < -0.4 is 0 Å². The van der Waals surface area contributed by atoms with Crippen LogP contribution in [0.2, 0.25) is 0 Å². The summed E-state index contributed by atoms with van der Waals surface area (Å²) < 4.78 is 4.84. The highest BCUT2D eigenvalue weighted by Gasteiger charge is 2.32. The second-order valence-corrected chi connectivity index (χ2v) is 3.95. The molecular weight excluding hydrogens is 194 g/mol. The first-order valence-corrected chi connectivity index (χ1v) is 5.61. The smallest absolute Gasteiger partial charge is 0.334 e. The lowest BCUT2D eigenvalue weighted by Gasteiger charge is -2.25. The third kappa shape index (κ3) is 2.50. The van der Waals surface area contributed by atoms with E-state index in [0.29, 0.717) is 12.6 Å². The van der Waals surface area contributed by atoms with Crippen molar-refractivity contribution in [2.24, 2.45) is 0 Å². The Morgan fingerprint density at radius 3 is 3.27 bits per heavy atom. The van der Waals surface area contributed by atoms with E-state index < -0.39 is 0 Å². The van der Waals surface area contributed by atoms with Crippen molar-refractivity contribution >= 4 is 5.97 Å². The van der Waals surface area contributed by atoms with Gasteiger partial charge < -0.3 is 9.57 Å². The molecule has 2 heterocycles. The van der Waals surface area contributed by atoms with Crippen molar-refractivity contribution in [1.82, 2.24) is 5.06 Å². The molecule has 2 aliphatic heterocycles. The van der Waals surface area contributed by atoms with Crippen molar-refractivity contribution in [3.8, 4) is 0 Å². The van der Waals surface area contributed by atoms with E-state index in [4.69, 9.17) is 9.57 Å². The number of nitrogens with zero attached hydrogens (tertiary/aromatic N) is 1. The standard InChI is InChI=1S/C11H17NO3/c1-2-14-11(13)8-10-7-9-5-3-4-6-12(9)15-10/h8-9H,2-7H2,1H3/b10-8+. The van der Waals surface area contributed by atoms with Gasteiger partial charge in [-0.3, -0.25) is 0 Å². The Balaban J connectivity index is 1.93. The zero-order valence-corrected chi connectivity index (χ0v) is 9.07. The van der Waals surface area contributed by atoms with Crippen LogP contribution in [0.15, 0.2) is 11.8 Å². The second kappa shape index (κ2) is 4.66. The minimum atomic E-state index is -0.299. The van der Waals surface area contributed by atoms with Crippen LogP contribution in [0.5, 0.6) is 0 Å². The van der Waals surface area contributed by atoms with Crippen molar-refractivity contribution in [3.05, 3.63) is 11.8 Å². The molecule has 2 rings (SSSR count). The maximum Gasteiger partial charge on any atom is 0.334 e. The van der Waals surface area contributed by atoms with Crippen LogP contribution in [0.25, 0.3) is 0 Å². The van der Waals surface area contributed by atoms with E-state index in [0.717, 1.165) is 18.7 Å². The highest BCUT2D eigenvalue weighted by Crippen LogP contribution is 2.31. The number of ether oxygens (including phenoxy) is 1. The molecule has 2 saturated heterocycles. The van der Waals surface area contributed by atoms with Crippen molar-refractivity contribution in [1.29, 1.82) is 0 Å². The fraction of sp³-hybridized carbons (Fsp3) is 0.727. The van der Waals surface area contributed by atoms with Gasteiger partial charge in [-0.15, -0.1) is 5.06 Å². The monoisotopic (exact) mass is 211 g/mol. The molecule has 0 aromatic heterocycles. The fourth-order valence-corrected chi connectivity index (χ4v) is 2.12. The first-order valence-electron chi connectivity index (χ1n) is 5.61. The average Bonchev–Trinajstić information content (AvgIpc) is 2.59. The van der Waals surface area contributed by atoms with Crippen LogP contribution in [0.3, 0.4) is 0 Å². The second-order valence-electron chi connectivity index (χ2n) is 3.95. The van der Waals surface area contributed by atoms with Crippen molar-refractivity contribution in [3.63, 3.8) is 0 Å². The van der Waals surface area contributed by atoms with Gasteiger partial charge in [0.05, 0.1) is 18.7 Å². The molecule has 0 aromatic carbocycles. The quantitative estimate of drug-likeness (QED) is 0.514. The van der Waals surface area contributed by atoms with Crippen LogP contribution in [0, 0.1) is 0 Å². The summed E-state index contributed by atoms with van der Waals surface area (Å²) in [4.78, 5) is 16.8. The normalized spacial score (nSPS) is 28.6. The number of rotatable bonds is 2. The van der Waals surface area contributed by atoms with Crippen LogP contribution in [-0.2, 0) is 14.4 Å². The summed E-state index contributed by atoms with van der Waals surface area (Å²) in [5.74, 6) is 0.452. The molecule has 1 unspecified atom stereocenters. The van der Waals surface area contributed by atoms with Gasteiger partial charge in [0.2, 0.25) is 0 Å². The number of esters is 1. The number of carbonyl (C=O) groups is 1. The van der Waals surface area contributed by atoms with Crippen molar-refractivity contribution in [2.75, 3.05) is 13.2 Å². The SMILES string of the molecule is CCOC(=O)/C=C1\CC2CCCCN2O1. The molecule has 0 radical (unpaired) electrons. The number of hydrogen-bond acceptors (Lipinski definition) is 4. The fourth-order valence-electron chi connectivity index (χ4n) is 2.12. The van der Waals surface area contributed by atoms with E-state index in [9.17, 15) is 4.79 Å². The van der Waals surface area contributed by atoms with Gasteiger partial charge in [0, 0.05) is 13.0 Å². The molecular formula is C11H17NO3. The van der Waals surface area contributed by atoms with Gasteiger partial charge in [-0.05, 0) is 19.8 Å². The Labute approximate surface area is 89.8 Å². The van der Waals surface area contributed by atoms with Crippen molar-refractivity contribution in [2.45, 2.75) is 38.6 Å². The molecule has 0 spiro atoms. The Morgan fingerprint density at radius 1 is 1.67 bits per heavy atom. The molecule has 2 fully saturated rings. The molecule has 0 saturated carbocycles. The molecule has 0 N–H and O–H groups in total. The maximum absolute atomic E-state index is 11.2. The molecule has 0 bridgehead atoms. The number of fused-ring (bicyclic) bond motifs is 1. The van der Waals surface area contributed by atoms with E-state index in [1.54, 1.807) is 6.92 Å². The zero-order chi connectivity index (χ0) is 10.7. The molecule has 4 nitrogen and oxygen atoms in total. The molecule has 0 aromatic rings. The first kappa shape index (κ1) is 10.5. The predicted molar refractivity (Wildman–Crippen MR) is 54.8 cm³/mol. The van der Waals surface area contributed by atoms with Gasteiger partial charge in [-0.1, -0.05) is 6.42 Å². The first-order chi connectivity index (χ1) is 7.29. The van der Waals surface area contributed by atoms with Crippen LogP contribution in [0.4, 0.5) is 0 Å². The Kier molecular flexibility index (Phi) is 3.26. The number of carbonyl (C=O) groups excluding carboxylic acids is 1. The Hall–Kier alpha value is -1.03. The highest BCUT2D eigenvalue weighted by atomic mass is 16.7. The van der Waals surface area contributed by atoms with E-state index in [1.165, 1.54) is 25.3 Å². The number of piperidine rings is 1. The van der Waals surface area contributed by atoms with Crippen LogP contribution in [0.1, 0.15) is 32.6 Å². The molecule has 1 atom stereocenters. The highest BCUT2D eigenvalue weighted by molar-refractivity contribution is 5.82. The van der Waals surface area contributed by atoms with Crippen LogP contribution >= 0.6 is 0 Å². The third-order valence-electron chi connectivity index (χ3n) is 2.81. The summed E-state index contributed by atoms with van der Waals surface area (Å²) in [5.41, 5.74) is 0. The van der Waals surface area contributed by atoms with E-state index in [2.05, 4.69) is 0 Å². The Bertz CT molecular complexity index is 259. The molecule has 0 aliphatic carbocycles. The molecule has 0 amide bonds. The minimum Gasteiger partial charge on any atom is -0.463 e. The summed E-state index contributed by atoms with van der Waals surface area (Å²) in [6, 6.07) is 0.472. The Morgan fingerprint density at radius 2 is 2.53 bits per heavy atom. The van der Waals surface area contributed by atoms with E-state index in [1.807, 2.05) is 5.06 Å². The summed E-state index contributed by atoms with van der Waals surface area (Å²) in [5, 5.41) is 1.99. The van der Waals surface area contributed by atoms with E-state index in [-0.39, 0.29) is 5.97 Å². The zero-order valence-electron chi connectivity index (χ0n) is 9.07. The summed E-state index contributed by atoms with van der Waals surface area (Å²) in [7, 11) is 0. The van der Waals surface area contributed by atoms with Gasteiger partial charge in [0.25, 0.3) is 0 Å². The van der Waals surface area contributed by atoms with Crippen LogP contribution in [-0.4, -0.2) is 30.2 Å². The number of hydrogen-bond donors (Lipinski definition) is 0. The summed E-state index contributed by atoms with van der Waals surface area (Å²) in [6.07, 6.45) is 5.93. The lowest BCUT2D eigenvalue weighted by molar-refractivity contribution is -0.139. The van der Waals surface area contributed by atoms with Gasteiger partial charge >= 0.3 is 5.97 Å². The third-order valence-corrected chi connectivity index (χ3v) is 2.81. The molecule has 84 valence electrons. The minimum absolute atomic E-state index is 0.299. The largest absolute Gasteiger partial charge is 0.463 e. The molecule has 2 aliphatic rings. The maximum atomic E-state index is 11.2. The van der Waals surface area contributed by atoms with Gasteiger partial charge in [-0.2, -0.15) is 0 Å². The van der Waals surface area contributed by atoms with Crippen molar-refractivity contribution < 1.29 is 14.4 Å². The number of hydroxylamine groups is 2. The predicted octanol–water partition coefficient (Wildman–Crippen LogP) is 1.62.